The van der Waals surface area contributed by atoms with Crippen molar-refractivity contribution in [3.63, 3.8) is 0 Å². The fourth-order valence-electron chi connectivity index (χ4n) is 3.66. The van der Waals surface area contributed by atoms with Crippen LogP contribution in [-0.4, -0.2) is 41.5 Å². The van der Waals surface area contributed by atoms with Gasteiger partial charge in [0.1, 0.15) is 5.15 Å². The van der Waals surface area contributed by atoms with E-state index in [-0.39, 0.29) is 23.2 Å². The normalized spacial score (nSPS) is 14.8. The first-order chi connectivity index (χ1) is 13.4. The van der Waals surface area contributed by atoms with Crippen LogP contribution in [0.15, 0.2) is 36.4 Å². The van der Waals surface area contributed by atoms with Gasteiger partial charge in [-0.3, -0.25) is 4.79 Å². The average molecular weight is 401 g/mol. The van der Waals surface area contributed by atoms with E-state index in [0.29, 0.717) is 24.6 Å². The number of aryl methyl sites for hydroxylation is 2. The van der Waals surface area contributed by atoms with Crippen LogP contribution < -0.4 is 0 Å². The summed E-state index contributed by atoms with van der Waals surface area (Å²) in [6.07, 6.45) is 2.96. The number of halogens is 1. The zero-order valence-corrected chi connectivity index (χ0v) is 17.0. The second kappa shape index (κ2) is 9.20. The summed E-state index contributed by atoms with van der Waals surface area (Å²) in [7, 11) is 0. The Kier molecular flexibility index (Phi) is 6.68. The maximum atomic E-state index is 12.4. The fraction of sp³-hybridized carbons (Fsp3) is 0.409. The Labute approximate surface area is 170 Å². The summed E-state index contributed by atoms with van der Waals surface area (Å²) in [6, 6.07) is 12.2. The predicted octanol–water partition coefficient (Wildman–Crippen LogP) is 3.99. The van der Waals surface area contributed by atoms with Crippen molar-refractivity contribution < 1.29 is 14.3 Å². The molecule has 0 spiro atoms. The molecule has 6 heteroatoms. The number of pyridine rings is 1. The third-order valence-electron chi connectivity index (χ3n) is 5.17. The Hall–Kier alpha value is -2.40. The Morgan fingerprint density at radius 3 is 2.50 bits per heavy atom. The maximum Gasteiger partial charge on any atom is 0.342 e. The summed E-state index contributed by atoms with van der Waals surface area (Å²) in [5.41, 5.74) is 2.98. The number of ether oxygens (including phenoxy) is 1. The van der Waals surface area contributed by atoms with Gasteiger partial charge in [0, 0.05) is 18.8 Å². The Morgan fingerprint density at radius 2 is 1.86 bits per heavy atom. The molecule has 28 heavy (non-hydrogen) atoms. The molecule has 0 radical (unpaired) electrons. The van der Waals surface area contributed by atoms with Gasteiger partial charge < -0.3 is 9.64 Å². The highest BCUT2D eigenvalue weighted by atomic mass is 35.5. The second-order valence-corrected chi connectivity index (χ2v) is 7.69. The largest absolute Gasteiger partial charge is 0.452 e. The number of benzene rings is 1. The molecule has 1 fully saturated rings. The molecule has 0 aliphatic carbocycles. The van der Waals surface area contributed by atoms with E-state index in [1.807, 2.05) is 6.07 Å². The molecule has 1 amide bonds. The van der Waals surface area contributed by atoms with Crippen LogP contribution in [0.1, 0.15) is 40.0 Å². The lowest BCUT2D eigenvalue weighted by atomic mass is 9.90. The number of rotatable bonds is 5. The molecule has 0 unspecified atom stereocenters. The summed E-state index contributed by atoms with van der Waals surface area (Å²) in [4.78, 5) is 30.6. The second-order valence-electron chi connectivity index (χ2n) is 7.34. The Bertz CT molecular complexity index is 823. The molecule has 0 N–H and O–H groups in total. The van der Waals surface area contributed by atoms with E-state index in [1.165, 1.54) is 5.56 Å². The molecule has 2 heterocycles. The van der Waals surface area contributed by atoms with Gasteiger partial charge in [0.15, 0.2) is 6.61 Å². The molecule has 1 aromatic carbocycles. The minimum absolute atomic E-state index is 0.108. The summed E-state index contributed by atoms with van der Waals surface area (Å²) in [6.45, 7) is 4.70. The zero-order valence-electron chi connectivity index (χ0n) is 16.3. The minimum atomic E-state index is -0.609. The smallest absolute Gasteiger partial charge is 0.342 e. The van der Waals surface area contributed by atoms with E-state index in [0.717, 1.165) is 25.0 Å². The first-order valence-corrected chi connectivity index (χ1v) is 9.94. The lowest BCUT2D eigenvalue weighted by Crippen LogP contribution is -2.41. The van der Waals surface area contributed by atoms with Crippen molar-refractivity contribution in [1.82, 2.24) is 9.88 Å². The fourth-order valence-corrected chi connectivity index (χ4v) is 4.02. The van der Waals surface area contributed by atoms with Crippen LogP contribution in [0.25, 0.3) is 0 Å². The van der Waals surface area contributed by atoms with Crippen molar-refractivity contribution in [1.29, 1.82) is 0 Å². The number of amides is 1. The molecule has 0 atom stereocenters. The maximum absolute atomic E-state index is 12.4. The first kappa shape index (κ1) is 20.3. The van der Waals surface area contributed by atoms with Gasteiger partial charge in [-0.2, -0.15) is 0 Å². The summed E-state index contributed by atoms with van der Waals surface area (Å²) in [5, 5.41) is 0.108. The molecule has 3 rings (SSSR count). The van der Waals surface area contributed by atoms with E-state index >= 15 is 0 Å². The number of likely N-dealkylation sites (tertiary alicyclic amines) is 1. The predicted molar refractivity (Wildman–Crippen MR) is 108 cm³/mol. The van der Waals surface area contributed by atoms with Gasteiger partial charge >= 0.3 is 5.97 Å². The highest BCUT2D eigenvalue weighted by Crippen LogP contribution is 2.22. The average Bonchev–Trinajstić information content (AvgIpc) is 2.66. The SMILES string of the molecule is Cc1cc(C)c(C(=O)OCC(=O)N2CCC(Cc3ccccc3)CC2)c(Cl)n1. The monoisotopic (exact) mass is 400 g/mol. The standard InChI is InChI=1S/C22H25ClN2O3/c1-15-12-16(2)24-21(23)20(15)22(27)28-14-19(26)25-10-8-18(9-11-25)13-17-6-4-3-5-7-17/h3-7,12,18H,8-11,13-14H2,1-2H3. The first-order valence-electron chi connectivity index (χ1n) is 9.56. The van der Waals surface area contributed by atoms with E-state index in [9.17, 15) is 9.59 Å². The van der Waals surface area contributed by atoms with E-state index in [1.54, 1.807) is 24.8 Å². The number of esters is 1. The molecule has 1 saturated heterocycles. The van der Waals surface area contributed by atoms with E-state index < -0.39 is 5.97 Å². The van der Waals surface area contributed by atoms with E-state index in [2.05, 4.69) is 29.2 Å². The molecule has 0 bridgehead atoms. The van der Waals surface area contributed by atoms with Gasteiger partial charge in [-0.25, -0.2) is 9.78 Å². The number of piperidine rings is 1. The number of hydrogen-bond donors (Lipinski definition) is 0. The number of aromatic nitrogens is 1. The van der Waals surface area contributed by atoms with Gasteiger partial charge in [-0.1, -0.05) is 41.9 Å². The number of nitrogens with zero attached hydrogens (tertiary/aromatic N) is 2. The molecule has 0 saturated carbocycles. The molecule has 1 aromatic heterocycles. The molecule has 1 aliphatic heterocycles. The van der Waals surface area contributed by atoms with Gasteiger partial charge in [0.2, 0.25) is 0 Å². The van der Waals surface area contributed by atoms with E-state index in [4.69, 9.17) is 16.3 Å². The van der Waals surface area contributed by atoms with Crippen LogP contribution in [0, 0.1) is 19.8 Å². The third-order valence-corrected chi connectivity index (χ3v) is 5.44. The van der Waals surface area contributed by atoms with Crippen molar-refractivity contribution in [2.45, 2.75) is 33.1 Å². The lowest BCUT2D eigenvalue weighted by Gasteiger charge is -2.32. The van der Waals surface area contributed by atoms with Crippen LogP contribution in [0.5, 0.6) is 0 Å². The van der Waals surface area contributed by atoms with Crippen molar-refractivity contribution in [2.75, 3.05) is 19.7 Å². The number of carbonyl (C=O) groups is 2. The Balaban J connectivity index is 1.48. The van der Waals surface area contributed by atoms with Crippen LogP contribution in [0.3, 0.4) is 0 Å². The summed E-state index contributed by atoms with van der Waals surface area (Å²) >= 11 is 6.07. The van der Waals surface area contributed by atoms with Crippen molar-refractivity contribution in [3.8, 4) is 0 Å². The van der Waals surface area contributed by atoms with Crippen LogP contribution in [0.4, 0.5) is 0 Å². The number of carbonyl (C=O) groups excluding carboxylic acids is 2. The van der Waals surface area contributed by atoms with Crippen LogP contribution in [0.2, 0.25) is 5.15 Å². The molecule has 1 aliphatic rings. The van der Waals surface area contributed by atoms with Crippen LogP contribution >= 0.6 is 11.6 Å². The minimum Gasteiger partial charge on any atom is -0.452 e. The van der Waals surface area contributed by atoms with Gasteiger partial charge in [-0.05, 0) is 56.2 Å². The van der Waals surface area contributed by atoms with Crippen molar-refractivity contribution in [3.05, 3.63) is 63.9 Å². The van der Waals surface area contributed by atoms with Gasteiger partial charge in [-0.15, -0.1) is 0 Å². The quantitative estimate of drug-likeness (QED) is 0.562. The summed E-state index contributed by atoms with van der Waals surface area (Å²) < 4.78 is 5.21. The lowest BCUT2D eigenvalue weighted by molar-refractivity contribution is -0.135. The van der Waals surface area contributed by atoms with Gasteiger partial charge in [0.25, 0.3) is 5.91 Å². The molecule has 5 nitrogen and oxygen atoms in total. The molecule has 2 aromatic rings. The molecular weight excluding hydrogens is 376 g/mol. The van der Waals surface area contributed by atoms with Gasteiger partial charge in [0.05, 0.1) is 5.56 Å². The topological polar surface area (TPSA) is 59.5 Å². The zero-order chi connectivity index (χ0) is 20.1. The van der Waals surface area contributed by atoms with Crippen molar-refractivity contribution >= 4 is 23.5 Å². The molecular formula is C22H25ClN2O3. The molecule has 148 valence electrons. The third kappa shape index (κ3) is 5.10. The highest BCUT2D eigenvalue weighted by molar-refractivity contribution is 6.32. The summed E-state index contributed by atoms with van der Waals surface area (Å²) in [5.74, 6) is -0.197. The highest BCUT2D eigenvalue weighted by Gasteiger charge is 2.24. The Morgan fingerprint density at radius 1 is 1.18 bits per heavy atom. The number of hydrogen-bond acceptors (Lipinski definition) is 4. The van der Waals surface area contributed by atoms with Crippen molar-refractivity contribution in [2.24, 2.45) is 5.92 Å². The van der Waals surface area contributed by atoms with Crippen LogP contribution in [-0.2, 0) is 16.0 Å².